The molecule has 1 rings (SSSR count). The fourth-order valence-electron chi connectivity index (χ4n) is 3.75. The molecule has 0 heterocycles. The summed E-state index contributed by atoms with van der Waals surface area (Å²) in [7, 11) is 4.42. The van der Waals surface area contributed by atoms with Gasteiger partial charge in [-0.05, 0) is 26.1 Å². The third-order valence-electron chi connectivity index (χ3n) is 5.39. The summed E-state index contributed by atoms with van der Waals surface area (Å²) in [6.07, 6.45) is 19.9. The second-order valence-electron chi connectivity index (χ2n) is 7.92. The molecule has 0 aromatic heterocycles. The topological polar surface area (TPSA) is 3.24 Å². The van der Waals surface area contributed by atoms with Crippen LogP contribution < -0.4 is 0 Å². The molecule has 0 radical (unpaired) electrons. The van der Waals surface area contributed by atoms with Crippen molar-refractivity contribution >= 4 is 17.0 Å². The van der Waals surface area contributed by atoms with E-state index in [9.17, 15) is 0 Å². The summed E-state index contributed by atoms with van der Waals surface area (Å²) in [5.41, 5.74) is 1.46. The number of hydrogen-bond acceptors (Lipinski definition) is 1. The van der Waals surface area contributed by atoms with Crippen LogP contribution in [-0.2, 0) is 0 Å². The highest BCUT2D eigenvalue weighted by atomic mass is 79.9. The predicted molar refractivity (Wildman–Crippen MR) is 124 cm³/mol. The molecule has 1 aromatic carbocycles. The summed E-state index contributed by atoms with van der Waals surface area (Å²) in [4.78, 5) is 2.37. The second-order valence-corrected chi connectivity index (χ2v) is 7.92. The van der Waals surface area contributed by atoms with E-state index in [1.807, 2.05) is 0 Å². The Balaban J connectivity index is 0.00000625. The standard InChI is InChI=1S/C24H43N.BrH/c1-4-5-6-7-8-9-10-11-12-13-14-15-19-22-24(25(2)3)23-20-17-16-18-21-23;/h16-18,20-21,24H,4-15,19,22H2,1-3H3;1H. The van der Waals surface area contributed by atoms with Gasteiger partial charge in [0, 0.05) is 6.04 Å². The Bertz CT molecular complexity index is 390. The maximum absolute atomic E-state index is 2.37. The van der Waals surface area contributed by atoms with E-state index in [1.54, 1.807) is 0 Å². The van der Waals surface area contributed by atoms with Crippen molar-refractivity contribution < 1.29 is 0 Å². The van der Waals surface area contributed by atoms with Crippen LogP contribution in [0.4, 0.5) is 0 Å². The summed E-state index contributed by atoms with van der Waals surface area (Å²) in [5.74, 6) is 0. The summed E-state index contributed by atoms with van der Waals surface area (Å²) < 4.78 is 0. The normalized spacial score (nSPS) is 12.2. The summed E-state index contributed by atoms with van der Waals surface area (Å²) >= 11 is 0. The lowest BCUT2D eigenvalue weighted by atomic mass is 9.98. The lowest BCUT2D eigenvalue weighted by Crippen LogP contribution is -2.19. The van der Waals surface area contributed by atoms with E-state index in [1.165, 1.54) is 95.5 Å². The van der Waals surface area contributed by atoms with E-state index in [0.717, 1.165) is 0 Å². The maximum atomic E-state index is 2.37. The van der Waals surface area contributed by atoms with Crippen LogP contribution in [0.25, 0.3) is 0 Å². The second kappa shape index (κ2) is 18.0. The number of hydrogen-bond donors (Lipinski definition) is 0. The van der Waals surface area contributed by atoms with Crippen LogP contribution in [-0.4, -0.2) is 19.0 Å². The molecule has 0 aliphatic rings. The van der Waals surface area contributed by atoms with Crippen LogP contribution in [0.3, 0.4) is 0 Å². The fraction of sp³-hybridized carbons (Fsp3) is 0.750. The van der Waals surface area contributed by atoms with Gasteiger partial charge in [-0.15, -0.1) is 17.0 Å². The Labute approximate surface area is 174 Å². The lowest BCUT2D eigenvalue weighted by molar-refractivity contribution is 0.276. The first-order valence-corrected chi connectivity index (χ1v) is 11.0. The van der Waals surface area contributed by atoms with Crippen molar-refractivity contribution in [3.8, 4) is 0 Å². The number of rotatable bonds is 16. The van der Waals surface area contributed by atoms with Crippen LogP contribution in [0.15, 0.2) is 30.3 Å². The predicted octanol–water partition coefficient (Wildman–Crippen LogP) is 8.35. The van der Waals surface area contributed by atoms with Crippen molar-refractivity contribution in [2.24, 2.45) is 0 Å². The number of unbranched alkanes of at least 4 members (excludes halogenated alkanes) is 12. The van der Waals surface area contributed by atoms with Crippen molar-refractivity contribution in [3.63, 3.8) is 0 Å². The minimum atomic E-state index is 0. The Kier molecular flexibility index (Phi) is 17.8. The Morgan fingerprint density at radius 1 is 0.654 bits per heavy atom. The van der Waals surface area contributed by atoms with E-state index in [4.69, 9.17) is 0 Å². The molecule has 26 heavy (non-hydrogen) atoms. The van der Waals surface area contributed by atoms with Gasteiger partial charge in [0.2, 0.25) is 0 Å². The zero-order valence-electron chi connectivity index (χ0n) is 17.7. The van der Waals surface area contributed by atoms with Gasteiger partial charge < -0.3 is 4.90 Å². The number of benzene rings is 1. The molecule has 2 heteroatoms. The van der Waals surface area contributed by atoms with Gasteiger partial charge in [0.05, 0.1) is 0 Å². The quantitative estimate of drug-likeness (QED) is 0.240. The molecular formula is C24H44BrN. The zero-order valence-corrected chi connectivity index (χ0v) is 19.4. The third-order valence-corrected chi connectivity index (χ3v) is 5.39. The molecule has 1 unspecified atom stereocenters. The Morgan fingerprint density at radius 3 is 1.50 bits per heavy atom. The van der Waals surface area contributed by atoms with E-state index in [-0.39, 0.29) is 17.0 Å². The highest BCUT2D eigenvalue weighted by Crippen LogP contribution is 2.24. The molecule has 152 valence electrons. The molecule has 0 bridgehead atoms. The zero-order chi connectivity index (χ0) is 18.2. The summed E-state index contributed by atoms with van der Waals surface area (Å²) in [6, 6.07) is 11.6. The van der Waals surface area contributed by atoms with Crippen LogP contribution in [0.5, 0.6) is 0 Å². The molecule has 0 saturated heterocycles. The highest BCUT2D eigenvalue weighted by molar-refractivity contribution is 8.93. The van der Waals surface area contributed by atoms with E-state index in [2.05, 4.69) is 56.3 Å². The average Bonchev–Trinajstić information content (AvgIpc) is 2.62. The molecular weight excluding hydrogens is 382 g/mol. The van der Waals surface area contributed by atoms with Crippen molar-refractivity contribution in [1.29, 1.82) is 0 Å². The van der Waals surface area contributed by atoms with Gasteiger partial charge in [-0.1, -0.05) is 121 Å². The third kappa shape index (κ3) is 12.9. The molecule has 0 spiro atoms. The average molecular weight is 427 g/mol. The van der Waals surface area contributed by atoms with Crippen LogP contribution in [0, 0.1) is 0 Å². The SMILES string of the molecule is Br.CCCCCCCCCCCCCCCC(c1ccccc1)N(C)C. The Morgan fingerprint density at radius 2 is 1.08 bits per heavy atom. The molecule has 0 N–H and O–H groups in total. The first kappa shape index (κ1) is 25.7. The molecule has 0 fully saturated rings. The van der Waals surface area contributed by atoms with Gasteiger partial charge in [-0.25, -0.2) is 0 Å². The summed E-state index contributed by atoms with van der Waals surface area (Å²) in [5, 5.41) is 0. The molecule has 0 aliphatic carbocycles. The number of nitrogens with zero attached hydrogens (tertiary/aromatic N) is 1. The summed E-state index contributed by atoms with van der Waals surface area (Å²) in [6.45, 7) is 2.29. The van der Waals surface area contributed by atoms with Crippen LogP contribution in [0.2, 0.25) is 0 Å². The van der Waals surface area contributed by atoms with Crippen LogP contribution >= 0.6 is 17.0 Å². The molecule has 0 aliphatic heterocycles. The minimum Gasteiger partial charge on any atom is -0.302 e. The molecule has 1 nitrogen and oxygen atoms in total. The van der Waals surface area contributed by atoms with Gasteiger partial charge in [0.15, 0.2) is 0 Å². The number of halogens is 1. The van der Waals surface area contributed by atoms with Gasteiger partial charge >= 0.3 is 0 Å². The smallest absolute Gasteiger partial charge is 0.0342 e. The van der Waals surface area contributed by atoms with E-state index >= 15 is 0 Å². The first-order chi connectivity index (χ1) is 12.3. The molecule has 0 amide bonds. The van der Waals surface area contributed by atoms with Crippen molar-refractivity contribution in [2.45, 2.75) is 103 Å². The van der Waals surface area contributed by atoms with E-state index in [0.29, 0.717) is 6.04 Å². The van der Waals surface area contributed by atoms with Crippen molar-refractivity contribution in [2.75, 3.05) is 14.1 Å². The van der Waals surface area contributed by atoms with Gasteiger partial charge in [0.1, 0.15) is 0 Å². The maximum Gasteiger partial charge on any atom is 0.0342 e. The molecule has 0 saturated carbocycles. The van der Waals surface area contributed by atoms with Crippen LogP contribution in [0.1, 0.15) is 108 Å². The largest absolute Gasteiger partial charge is 0.302 e. The van der Waals surface area contributed by atoms with Crippen molar-refractivity contribution in [1.82, 2.24) is 4.90 Å². The highest BCUT2D eigenvalue weighted by Gasteiger charge is 2.12. The first-order valence-electron chi connectivity index (χ1n) is 11.0. The lowest BCUT2D eigenvalue weighted by Gasteiger charge is -2.24. The minimum absolute atomic E-state index is 0. The van der Waals surface area contributed by atoms with Gasteiger partial charge in [-0.3, -0.25) is 0 Å². The van der Waals surface area contributed by atoms with Crippen molar-refractivity contribution in [3.05, 3.63) is 35.9 Å². The Hall–Kier alpha value is -0.340. The molecule has 1 atom stereocenters. The fourth-order valence-corrected chi connectivity index (χ4v) is 3.75. The molecule has 1 aromatic rings. The van der Waals surface area contributed by atoms with Gasteiger partial charge in [-0.2, -0.15) is 0 Å². The van der Waals surface area contributed by atoms with Gasteiger partial charge in [0.25, 0.3) is 0 Å². The monoisotopic (exact) mass is 425 g/mol. The van der Waals surface area contributed by atoms with E-state index < -0.39 is 0 Å².